The highest BCUT2D eigenvalue weighted by Gasteiger charge is 2.13. The topological polar surface area (TPSA) is 60.5 Å². The zero-order chi connectivity index (χ0) is 19.5. The molecule has 2 aromatic carbocycles. The molecule has 0 saturated carbocycles. The van der Waals surface area contributed by atoms with Gasteiger partial charge in [0.1, 0.15) is 11.5 Å². The van der Waals surface area contributed by atoms with Crippen molar-refractivity contribution in [3.63, 3.8) is 0 Å². The van der Waals surface area contributed by atoms with Gasteiger partial charge in [-0.05, 0) is 36.4 Å². The van der Waals surface area contributed by atoms with Gasteiger partial charge in [0.25, 0.3) is 5.91 Å². The van der Waals surface area contributed by atoms with E-state index in [1.165, 1.54) is 0 Å². The number of carbonyl (C=O) groups excluding carboxylic acids is 1. The van der Waals surface area contributed by atoms with Gasteiger partial charge in [-0.2, -0.15) is 0 Å². The molecule has 0 aliphatic heterocycles. The fourth-order valence-electron chi connectivity index (χ4n) is 3.15. The van der Waals surface area contributed by atoms with Crippen LogP contribution in [0.15, 0.2) is 41.8 Å². The molecule has 0 saturated heterocycles. The first-order chi connectivity index (χ1) is 13.7. The molecule has 0 unspecified atom stereocenters. The molecular formula is C21H20N2O3S2. The second kappa shape index (κ2) is 8.16. The molecule has 0 fully saturated rings. The minimum Gasteiger partial charge on any atom is -0.496 e. The van der Waals surface area contributed by atoms with Crippen LogP contribution in [0.25, 0.3) is 20.3 Å². The van der Waals surface area contributed by atoms with Gasteiger partial charge in [0, 0.05) is 18.0 Å². The number of benzene rings is 2. The van der Waals surface area contributed by atoms with E-state index in [1.807, 2.05) is 48.7 Å². The van der Waals surface area contributed by atoms with Crippen molar-refractivity contribution in [2.45, 2.75) is 13.3 Å². The quantitative estimate of drug-likeness (QED) is 0.483. The molecule has 28 heavy (non-hydrogen) atoms. The molecule has 0 aliphatic rings. The van der Waals surface area contributed by atoms with E-state index in [-0.39, 0.29) is 12.5 Å². The number of aromatic nitrogens is 1. The average Bonchev–Trinajstić information content (AvgIpc) is 3.32. The molecule has 5 nitrogen and oxygen atoms in total. The predicted octanol–water partition coefficient (Wildman–Crippen LogP) is 4.57. The van der Waals surface area contributed by atoms with Crippen molar-refractivity contribution in [2.75, 3.05) is 20.3 Å². The molecule has 4 rings (SSSR count). The van der Waals surface area contributed by atoms with Crippen molar-refractivity contribution >= 4 is 48.9 Å². The van der Waals surface area contributed by atoms with Crippen LogP contribution in [0.1, 0.15) is 10.6 Å². The van der Waals surface area contributed by atoms with Crippen LogP contribution in [-0.4, -0.2) is 31.2 Å². The van der Waals surface area contributed by atoms with Crippen LogP contribution in [0, 0.1) is 6.92 Å². The summed E-state index contributed by atoms with van der Waals surface area (Å²) in [4.78, 5) is 16.8. The highest BCUT2D eigenvalue weighted by molar-refractivity contribution is 7.21. The molecule has 2 heterocycles. The number of amides is 1. The number of nitrogens with zero attached hydrogens (tertiary/aromatic N) is 1. The van der Waals surface area contributed by atoms with Crippen LogP contribution in [-0.2, 0) is 11.2 Å². The molecule has 0 bridgehead atoms. The number of ether oxygens (including phenoxy) is 2. The molecule has 0 aliphatic carbocycles. The minimum absolute atomic E-state index is 0.0137. The lowest BCUT2D eigenvalue weighted by Crippen LogP contribution is -2.30. The fraction of sp³-hybridized carbons (Fsp3) is 0.238. The Morgan fingerprint density at radius 2 is 2.07 bits per heavy atom. The van der Waals surface area contributed by atoms with Crippen LogP contribution < -0.4 is 14.8 Å². The molecular weight excluding hydrogens is 392 g/mol. The van der Waals surface area contributed by atoms with Crippen LogP contribution in [0.3, 0.4) is 0 Å². The fourth-order valence-corrected chi connectivity index (χ4v) is 4.98. The molecule has 0 radical (unpaired) electrons. The summed E-state index contributed by atoms with van der Waals surface area (Å²) in [6.45, 7) is 2.52. The number of para-hydroxylation sites is 1. The van der Waals surface area contributed by atoms with Gasteiger partial charge in [0.2, 0.25) is 0 Å². The van der Waals surface area contributed by atoms with Gasteiger partial charge in [-0.25, -0.2) is 4.98 Å². The molecule has 0 atom stereocenters. The van der Waals surface area contributed by atoms with Crippen molar-refractivity contribution in [3.05, 3.63) is 52.3 Å². The largest absolute Gasteiger partial charge is 0.496 e. The summed E-state index contributed by atoms with van der Waals surface area (Å²) >= 11 is 3.28. The van der Waals surface area contributed by atoms with E-state index in [9.17, 15) is 4.79 Å². The standard InChI is InChI=1S/C21H20N2O3S2/c1-13-23-20-18(28-13)11-17(15-8-10-27-21(15)20)26-12-19(24)22-9-7-14-5-3-4-6-16(14)25-2/h3-6,8,10-11H,7,9,12H2,1-2H3,(H,22,24). The zero-order valence-electron chi connectivity index (χ0n) is 15.7. The highest BCUT2D eigenvalue weighted by Crippen LogP contribution is 2.38. The van der Waals surface area contributed by atoms with Crippen molar-refractivity contribution in [3.8, 4) is 11.5 Å². The Morgan fingerprint density at radius 1 is 1.21 bits per heavy atom. The zero-order valence-corrected chi connectivity index (χ0v) is 17.3. The molecule has 0 spiro atoms. The first-order valence-electron chi connectivity index (χ1n) is 8.94. The summed E-state index contributed by atoms with van der Waals surface area (Å²) in [7, 11) is 1.65. The third-order valence-electron chi connectivity index (χ3n) is 4.44. The van der Waals surface area contributed by atoms with E-state index in [2.05, 4.69) is 10.3 Å². The number of thiazole rings is 1. The maximum Gasteiger partial charge on any atom is 0.257 e. The third kappa shape index (κ3) is 3.81. The smallest absolute Gasteiger partial charge is 0.257 e. The summed E-state index contributed by atoms with van der Waals surface area (Å²) in [6, 6.07) is 11.8. The summed E-state index contributed by atoms with van der Waals surface area (Å²) < 4.78 is 13.4. The van der Waals surface area contributed by atoms with E-state index in [1.54, 1.807) is 29.8 Å². The molecule has 2 aromatic heterocycles. The van der Waals surface area contributed by atoms with Crippen LogP contribution in [0.5, 0.6) is 11.5 Å². The Kier molecular flexibility index (Phi) is 5.45. The first kappa shape index (κ1) is 18.7. The number of fused-ring (bicyclic) bond motifs is 3. The summed E-state index contributed by atoms with van der Waals surface area (Å²) in [5.41, 5.74) is 2.08. The summed E-state index contributed by atoms with van der Waals surface area (Å²) in [5.74, 6) is 1.42. The lowest BCUT2D eigenvalue weighted by Gasteiger charge is -2.10. The SMILES string of the molecule is COc1ccccc1CCNC(=O)COc1cc2sc(C)nc2c2sccc12. The maximum atomic E-state index is 12.2. The lowest BCUT2D eigenvalue weighted by molar-refractivity contribution is -0.123. The van der Waals surface area contributed by atoms with Gasteiger partial charge in [-0.1, -0.05) is 18.2 Å². The van der Waals surface area contributed by atoms with Crippen molar-refractivity contribution in [2.24, 2.45) is 0 Å². The van der Waals surface area contributed by atoms with Gasteiger partial charge in [-0.15, -0.1) is 22.7 Å². The monoisotopic (exact) mass is 412 g/mol. The van der Waals surface area contributed by atoms with E-state index < -0.39 is 0 Å². The lowest BCUT2D eigenvalue weighted by atomic mass is 10.1. The second-order valence-corrected chi connectivity index (χ2v) is 8.47. The molecule has 1 N–H and O–H groups in total. The van der Waals surface area contributed by atoms with E-state index >= 15 is 0 Å². The number of hydrogen-bond acceptors (Lipinski definition) is 6. The van der Waals surface area contributed by atoms with Gasteiger partial charge < -0.3 is 14.8 Å². The van der Waals surface area contributed by atoms with Gasteiger partial charge >= 0.3 is 0 Å². The Hall–Kier alpha value is -2.64. The normalized spacial score (nSPS) is 11.1. The molecule has 7 heteroatoms. The number of aryl methyl sites for hydroxylation is 1. The Bertz CT molecular complexity index is 1130. The minimum atomic E-state index is -0.140. The van der Waals surface area contributed by atoms with E-state index in [0.29, 0.717) is 13.0 Å². The number of rotatable bonds is 7. The number of carbonyl (C=O) groups is 1. The number of hydrogen-bond donors (Lipinski definition) is 1. The van der Waals surface area contributed by atoms with Gasteiger partial charge in [-0.3, -0.25) is 4.79 Å². The van der Waals surface area contributed by atoms with E-state index in [4.69, 9.17) is 9.47 Å². The Balaban J connectivity index is 1.38. The van der Waals surface area contributed by atoms with Crippen LogP contribution in [0.4, 0.5) is 0 Å². The molecule has 4 aromatic rings. The van der Waals surface area contributed by atoms with E-state index in [0.717, 1.165) is 42.4 Å². The van der Waals surface area contributed by atoms with Gasteiger partial charge in [0.05, 0.1) is 27.0 Å². The predicted molar refractivity (Wildman–Crippen MR) is 115 cm³/mol. The molecule has 1 amide bonds. The molecule has 144 valence electrons. The maximum absolute atomic E-state index is 12.2. The first-order valence-corrected chi connectivity index (χ1v) is 10.6. The van der Waals surface area contributed by atoms with Crippen LogP contribution >= 0.6 is 22.7 Å². The summed E-state index contributed by atoms with van der Waals surface area (Å²) in [5, 5.41) is 6.96. The van der Waals surface area contributed by atoms with Crippen molar-refractivity contribution in [1.82, 2.24) is 10.3 Å². The second-order valence-electron chi connectivity index (χ2n) is 6.32. The number of methoxy groups -OCH3 is 1. The van der Waals surface area contributed by atoms with Gasteiger partial charge in [0.15, 0.2) is 6.61 Å². The van der Waals surface area contributed by atoms with Crippen molar-refractivity contribution < 1.29 is 14.3 Å². The Morgan fingerprint density at radius 3 is 2.93 bits per heavy atom. The average molecular weight is 413 g/mol. The third-order valence-corrected chi connectivity index (χ3v) is 6.27. The summed E-state index contributed by atoms with van der Waals surface area (Å²) in [6.07, 6.45) is 0.705. The Labute approximate surface area is 170 Å². The van der Waals surface area contributed by atoms with Crippen molar-refractivity contribution in [1.29, 1.82) is 0 Å². The van der Waals surface area contributed by atoms with Crippen LogP contribution in [0.2, 0.25) is 0 Å². The highest BCUT2D eigenvalue weighted by atomic mass is 32.1. The number of nitrogens with one attached hydrogen (secondary N) is 1. The number of thiophene rings is 1.